The zero-order valence-corrected chi connectivity index (χ0v) is 15.4. The molecule has 0 radical (unpaired) electrons. The number of hydrogen-bond acceptors (Lipinski definition) is 4. The Morgan fingerprint density at radius 3 is 2.72 bits per heavy atom. The van der Waals surface area contributed by atoms with Crippen molar-refractivity contribution in [3.8, 4) is 11.5 Å². The number of nitrogens with one attached hydrogen (secondary N) is 1. The zero-order valence-electron chi connectivity index (χ0n) is 15.4. The zero-order chi connectivity index (χ0) is 18.4. The fourth-order valence-electron chi connectivity index (χ4n) is 3.50. The van der Waals surface area contributed by atoms with Crippen molar-refractivity contribution in [2.24, 2.45) is 0 Å². The molecule has 1 aliphatic heterocycles. The molecule has 2 aromatic rings. The van der Waals surface area contributed by atoms with Gasteiger partial charge in [-0.3, -0.25) is 9.89 Å². The molecule has 0 saturated carbocycles. The van der Waals surface area contributed by atoms with Crippen molar-refractivity contribution in [2.75, 3.05) is 7.05 Å². The first-order chi connectivity index (χ1) is 11.7. The van der Waals surface area contributed by atoms with Gasteiger partial charge < -0.3 is 14.7 Å². The number of likely N-dealkylation sites (N-methyl/N-ethyl adjacent to an activating group) is 1. The second-order valence-electron chi connectivity index (χ2n) is 7.09. The van der Waals surface area contributed by atoms with E-state index in [1.54, 1.807) is 18.1 Å². The number of phenols is 1. The summed E-state index contributed by atoms with van der Waals surface area (Å²) in [4.78, 5) is 14.7. The molecule has 2 N–H and O–H groups in total. The van der Waals surface area contributed by atoms with E-state index in [1.807, 2.05) is 33.8 Å². The summed E-state index contributed by atoms with van der Waals surface area (Å²) in [5.74, 6) is 0.998. The summed E-state index contributed by atoms with van der Waals surface area (Å²) in [5, 5.41) is 17.1. The van der Waals surface area contributed by atoms with E-state index in [9.17, 15) is 9.90 Å². The number of benzene rings is 1. The molecule has 1 aliphatic rings. The monoisotopic (exact) mass is 343 g/mol. The van der Waals surface area contributed by atoms with Gasteiger partial charge >= 0.3 is 0 Å². The van der Waals surface area contributed by atoms with Gasteiger partial charge in [0.1, 0.15) is 11.5 Å². The molecule has 1 amide bonds. The Bertz CT molecular complexity index is 814. The van der Waals surface area contributed by atoms with Gasteiger partial charge in [-0.2, -0.15) is 5.10 Å². The highest BCUT2D eigenvalue weighted by Crippen LogP contribution is 2.43. The van der Waals surface area contributed by atoms with Crippen LogP contribution in [0, 0.1) is 20.8 Å². The van der Waals surface area contributed by atoms with Crippen LogP contribution in [0.15, 0.2) is 12.3 Å². The molecular weight excluding hydrogens is 318 g/mol. The van der Waals surface area contributed by atoms with Crippen molar-refractivity contribution in [3.63, 3.8) is 0 Å². The Morgan fingerprint density at radius 2 is 2.08 bits per heavy atom. The highest BCUT2D eigenvalue weighted by atomic mass is 16.5. The van der Waals surface area contributed by atoms with Crippen molar-refractivity contribution < 1.29 is 14.6 Å². The number of rotatable bonds is 3. The Kier molecular flexibility index (Phi) is 4.22. The van der Waals surface area contributed by atoms with Crippen LogP contribution in [0.2, 0.25) is 0 Å². The third-order valence-electron chi connectivity index (χ3n) is 5.28. The number of amides is 1. The lowest BCUT2D eigenvalue weighted by Gasteiger charge is -2.38. The van der Waals surface area contributed by atoms with Crippen LogP contribution in [0.5, 0.6) is 11.5 Å². The topological polar surface area (TPSA) is 78.5 Å². The third-order valence-corrected chi connectivity index (χ3v) is 5.28. The summed E-state index contributed by atoms with van der Waals surface area (Å²) in [5.41, 5.74) is 3.44. The summed E-state index contributed by atoms with van der Waals surface area (Å²) in [6, 6.07) is 1.85. The fourth-order valence-corrected chi connectivity index (χ4v) is 3.50. The van der Waals surface area contributed by atoms with Gasteiger partial charge in [0.2, 0.25) is 0 Å². The van der Waals surface area contributed by atoms with Crippen LogP contribution < -0.4 is 4.74 Å². The molecule has 134 valence electrons. The minimum Gasteiger partial charge on any atom is -0.507 e. The summed E-state index contributed by atoms with van der Waals surface area (Å²) < 4.78 is 6.24. The highest BCUT2D eigenvalue weighted by molar-refractivity contribution is 5.85. The van der Waals surface area contributed by atoms with Gasteiger partial charge in [0.25, 0.3) is 5.91 Å². The van der Waals surface area contributed by atoms with Crippen molar-refractivity contribution in [1.29, 1.82) is 0 Å². The van der Waals surface area contributed by atoms with Gasteiger partial charge in [-0.15, -0.1) is 0 Å². The van der Waals surface area contributed by atoms with E-state index in [0.29, 0.717) is 25.1 Å². The molecule has 0 bridgehead atoms. The fraction of sp³-hybridized carbons (Fsp3) is 0.474. The SMILES string of the molecule is Cc1c(C)c2c(c(C)c1O)CCC(C)(C(=O)N(C)Cc1cc[nH]n1)O2. The number of carbonyl (C=O) groups is 1. The number of fused-ring (bicyclic) bond motifs is 1. The second-order valence-corrected chi connectivity index (χ2v) is 7.09. The highest BCUT2D eigenvalue weighted by Gasteiger charge is 2.42. The van der Waals surface area contributed by atoms with E-state index >= 15 is 0 Å². The van der Waals surface area contributed by atoms with Gasteiger partial charge in [0.15, 0.2) is 5.60 Å². The van der Waals surface area contributed by atoms with Crippen molar-refractivity contribution in [1.82, 2.24) is 15.1 Å². The summed E-state index contributed by atoms with van der Waals surface area (Å²) in [7, 11) is 1.77. The van der Waals surface area contributed by atoms with Crippen LogP contribution in [0.3, 0.4) is 0 Å². The lowest BCUT2D eigenvalue weighted by Crippen LogP contribution is -2.51. The minimum atomic E-state index is -0.918. The Hall–Kier alpha value is -2.50. The molecule has 25 heavy (non-hydrogen) atoms. The molecule has 1 atom stereocenters. The van der Waals surface area contributed by atoms with Gasteiger partial charge in [0.05, 0.1) is 12.2 Å². The smallest absolute Gasteiger partial charge is 0.266 e. The van der Waals surface area contributed by atoms with Gasteiger partial charge in [0, 0.05) is 25.2 Å². The summed E-state index contributed by atoms with van der Waals surface area (Å²) in [6.07, 6.45) is 3.02. The van der Waals surface area contributed by atoms with Crippen molar-refractivity contribution in [3.05, 3.63) is 40.2 Å². The molecule has 0 spiro atoms. The van der Waals surface area contributed by atoms with E-state index in [4.69, 9.17) is 4.74 Å². The number of ether oxygens (including phenoxy) is 1. The predicted octanol–water partition coefficient (Wildman–Crippen LogP) is 2.78. The first-order valence-corrected chi connectivity index (χ1v) is 8.49. The molecule has 0 aliphatic carbocycles. The van der Waals surface area contributed by atoms with Crippen LogP contribution in [-0.2, 0) is 17.8 Å². The first-order valence-electron chi connectivity index (χ1n) is 8.49. The lowest BCUT2D eigenvalue weighted by molar-refractivity contribution is -0.147. The van der Waals surface area contributed by atoms with Gasteiger partial charge in [-0.1, -0.05) is 0 Å². The van der Waals surface area contributed by atoms with E-state index < -0.39 is 5.60 Å². The number of hydrogen-bond donors (Lipinski definition) is 2. The molecule has 1 aromatic carbocycles. The number of aromatic hydroxyl groups is 1. The van der Waals surface area contributed by atoms with Gasteiger partial charge in [-0.05, 0) is 56.9 Å². The molecule has 1 aromatic heterocycles. The standard InChI is InChI=1S/C19H25N3O3/c1-11-12(2)17-15(13(3)16(11)23)6-8-19(4,25-17)18(24)22(5)10-14-7-9-20-21-14/h7,9,23H,6,8,10H2,1-5H3,(H,20,21). The van der Waals surface area contributed by atoms with Gasteiger partial charge in [-0.25, -0.2) is 0 Å². The number of nitrogens with zero attached hydrogens (tertiary/aromatic N) is 2. The lowest BCUT2D eigenvalue weighted by atomic mass is 9.86. The number of aromatic amines is 1. The Morgan fingerprint density at radius 1 is 1.36 bits per heavy atom. The Labute approximate surface area is 147 Å². The molecule has 2 heterocycles. The van der Waals surface area contributed by atoms with E-state index in [-0.39, 0.29) is 5.91 Å². The van der Waals surface area contributed by atoms with E-state index in [1.165, 1.54) is 0 Å². The molecule has 6 heteroatoms. The number of phenolic OH excluding ortho intramolecular Hbond substituents is 1. The molecule has 0 fully saturated rings. The maximum Gasteiger partial charge on any atom is 0.266 e. The molecule has 0 saturated heterocycles. The summed E-state index contributed by atoms with van der Waals surface area (Å²) in [6.45, 7) is 7.98. The predicted molar refractivity (Wildman–Crippen MR) is 94.7 cm³/mol. The first kappa shape index (κ1) is 17.3. The molecular formula is C19H25N3O3. The van der Waals surface area contributed by atoms with Crippen molar-refractivity contribution in [2.45, 2.75) is 52.7 Å². The second kappa shape index (κ2) is 6.10. The number of H-pyrrole nitrogens is 1. The molecule has 6 nitrogen and oxygen atoms in total. The van der Waals surface area contributed by atoms with Crippen LogP contribution in [0.1, 0.15) is 41.3 Å². The van der Waals surface area contributed by atoms with Crippen molar-refractivity contribution >= 4 is 5.91 Å². The average molecular weight is 343 g/mol. The maximum absolute atomic E-state index is 13.0. The quantitative estimate of drug-likeness (QED) is 0.898. The van der Waals surface area contributed by atoms with E-state index in [2.05, 4.69) is 10.2 Å². The van der Waals surface area contributed by atoms with E-state index in [0.717, 1.165) is 33.7 Å². The molecule has 3 rings (SSSR count). The third kappa shape index (κ3) is 2.86. The minimum absolute atomic E-state index is 0.0658. The largest absolute Gasteiger partial charge is 0.507 e. The van der Waals surface area contributed by atoms with Crippen LogP contribution in [-0.4, -0.2) is 38.8 Å². The number of carbonyl (C=O) groups excluding carboxylic acids is 1. The normalized spacial score (nSPS) is 19.2. The van der Waals surface area contributed by atoms with Crippen LogP contribution >= 0.6 is 0 Å². The Balaban J connectivity index is 1.89. The van der Waals surface area contributed by atoms with Crippen LogP contribution in [0.25, 0.3) is 0 Å². The summed E-state index contributed by atoms with van der Waals surface area (Å²) >= 11 is 0. The molecule has 1 unspecified atom stereocenters. The maximum atomic E-state index is 13.0. The van der Waals surface area contributed by atoms with Crippen LogP contribution in [0.4, 0.5) is 0 Å². The average Bonchev–Trinajstić information content (AvgIpc) is 3.10. The number of aromatic nitrogens is 2.